The summed E-state index contributed by atoms with van der Waals surface area (Å²) >= 11 is 0. The van der Waals surface area contributed by atoms with Crippen molar-refractivity contribution in [1.29, 1.82) is 0 Å². The zero-order valence-electron chi connectivity index (χ0n) is 9.21. The van der Waals surface area contributed by atoms with E-state index in [1.165, 1.54) is 17.5 Å². The minimum absolute atomic E-state index is 0.304. The highest BCUT2D eigenvalue weighted by atomic mass is 32.2. The zero-order chi connectivity index (χ0) is 12.5. The molecule has 1 N–H and O–H groups in total. The quantitative estimate of drug-likeness (QED) is 0.626. The molecular weight excluding hydrogens is 244 g/mol. The highest BCUT2D eigenvalue weighted by molar-refractivity contribution is 7.90. The van der Waals surface area contributed by atoms with E-state index in [4.69, 9.17) is 0 Å². The molecule has 0 radical (unpaired) electrons. The van der Waals surface area contributed by atoms with Crippen LogP contribution in [0, 0.1) is 0 Å². The molecule has 1 aromatic rings. The van der Waals surface area contributed by atoms with Crippen molar-refractivity contribution in [3.8, 4) is 0 Å². The summed E-state index contributed by atoms with van der Waals surface area (Å²) in [5.41, 5.74) is 0.651. The first-order valence-corrected chi connectivity index (χ1v) is 6.43. The highest BCUT2D eigenvalue weighted by Gasteiger charge is 2.31. The molecule has 1 aliphatic heterocycles. The number of hydrogen-bond acceptors (Lipinski definition) is 4. The minimum Gasteiger partial charge on any atom is -0.465 e. The molecule has 0 bridgehead atoms. The molecule has 2 rings (SSSR count). The van der Waals surface area contributed by atoms with E-state index < -0.39 is 16.2 Å². The van der Waals surface area contributed by atoms with Crippen LogP contribution in [-0.4, -0.2) is 38.9 Å². The Morgan fingerprint density at radius 2 is 2.12 bits per heavy atom. The lowest BCUT2D eigenvalue weighted by Gasteiger charge is -2.08. The van der Waals surface area contributed by atoms with Crippen LogP contribution in [0.2, 0.25) is 0 Å². The molecule has 1 saturated heterocycles. The number of esters is 1. The fourth-order valence-electron chi connectivity index (χ4n) is 1.32. The van der Waals surface area contributed by atoms with Gasteiger partial charge in [-0.1, -0.05) is 6.07 Å². The largest absolute Gasteiger partial charge is 0.465 e. The van der Waals surface area contributed by atoms with Crippen molar-refractivity contribution in [1.82, 2.24) is 4.31 Å². The van der Waals surface area contributed by atoms with Gasteiger partial charge in [-0.25, -0.2) is 4.79 Å². The van der Waals surface area contributed by atoms with E-state index in [0.29, 0.717) is 24.3 Å². The van der Waals surface area contributed by atoms with Crippen molar-refractivity contribution in [2.24, 2.45) is 0 Å². The van der Waals surface area contributed by atoms with Crippen LogP contribution in [0.15, 0.2) is 24.3 Å². The van der Waals surface area contributed by atoms with Gasteiger partial charge in [-0.2, -0.15) is 12.7 Å². The summed E-state index contributed by atoms with van der Waals surface area (Å²) in [7, 11) is -2.19. The zero-order valence-corrected chi connectivity index (χ0v) is 10.0. The van der Waals surface area contributed by atoms with Crippen LogP contribution < -0.4 is 4.72 Å². The average Bonchev–Trinajstić information content (AvgIpc) is 3.11. The summed E-state index contributed by atoms with van der Waals surface area (Å²) in [4.78, 5) is 11.3. The molecule has 1 aromatic carbocycles. The van der Waals surface area contributed by atoms with E-state index in [-0.39, 0.29) is 0 Å². The first-order valence-electron chi connectivity index (χ1n) is 4.99. The number of benzene rings is 1. The van der Waals surface area contributed by atoms with Gasteiger partial charge < -0.3 is 4.74 Å². The predicted molar refractivity (Wildman–Crippen MR) is 61.9 cm³/mol. The number of carbonyl (C=O) groups excluding carboxylic acids is 1. The van der Waals surface area contributed by atoms with Crippen LogP contribution >= 0.6 is 0 Å². The van der Waals surface area contributed by atoms with Gasteiger partial charge in [0.15, 0.2) is 0 Å². The Labute approximate surface area is 99.4 Å². The Bertz CT molecular complexity index is 537. The van der Waals surface area contributed by atoms with Crippen LogP contribution in [0.5, 0.6) is 0 Å². The van der Waals surface area contributed by atoms with Gasteiger partial charge in [0.2, 0.25) is 0 Å². The highest BCUT2D eigenvalue weighted by Crippen LogP contribution is 2.18. The summed E-state index contributed by atoms with van der Waals surface area (Å²) in [5.74, 6) is -0.502. The molecule has 0 aliphatic carbocycles. The Balaban J connectivity index is 2.19. The average molecular weight is 256 g/mol. The number of anilines is 1. The Kier molecular flexibility index (Phi) is 3.03. The molecule has 7 heteroatoms. The monoisotopic (exact) mass is 256 g/mol. The van der Waals surface area contributed by atoms with Crippen LogP contribution in [0.3, 0.4) is 0 Å². The van der Waals surface area contributed by atoms with Crippen molar-refractivity contribution < 1.29 is 17.9 Å². The van der Waals surface area contributed by atoms with Gasteiger partial charge in [0.1, 0.15) is 0 Å². The van der Waals surface area contributed by atoms with Crippen LogP contribution in [0.4, 0.5) is 5.69 Å². The topological polar surface area (TPSA) is 75.5 Å². The van der Waals surface area contributed by atoms with Crippen LogP contribution in [-0.2, 0) is 14.9 Å². The molecule has 0 unspecified atom stereocenters. The number of nitrogens with zero attached hydrogens (tertiary/aromatic N) is 1. The standard InChI is InChI=1S/C10H12N2O4S/c1-16-10(13)8-3-2-4-9(7-8)11-17(14,15)12-5-6-12/h2-4,7,11H,5-6H2,1H3. The summed E-state index contributed by atoms with van der Waals surface area (Å²) < 4.78 is 31.5. The lowest BCUT2D eigenvalue weighted by Crippen LogP contribution is -2.21. The third-order valence-corrected chi connectivity index (χ3v) is 3.82. The molecule has 0 spiro atoms. The predicted octanol–water partition coefficient (Wildman–Crippen LogP) is 0.445. The maximum atomic E-state index is 11.6. The fraction of sp³-hybridized carbons (Fsp3) is 0.300. The molecule has 92 valence electrons. The third-order valence-electron chi connectivity index (χ3n) is 2.28. The van der Waals surface area contributed by atoms with E-state index in [1.807, 2.05) is 0 Å². The summed E-state index contributed by atoms with van der Waals surface area (Å²) in [5, 5.41) is 0. The second-order valence-electron chi connectivity index (χ2n) is 3.58. The van der Waals surface area contributed by atoms with Crippen molar-refractivity contribution in [3.05, 3.63) is 29.8 Å². The number of carbonyl (C=O) groups is 1. The maximum Gasteiger partial charge on any atom is 0.337 e. The van der Waals surface area contributed by atoms with Gasteiger partial charge in [-0.3, -0.25) is 4.72 Å². The van der Waals surface area contributed by atoms with Crippen molar-refractivity contribution in [2.75, 3.05) is 24.9 Å². The fourth-order valence-corrected chi connectivity index (χ4v) is 2.44. The summed E-state index contributed by atoms with van der Waals surface area (Å²) in [6, 6.07) is 6.16. The van der Waals surface area contributed by atoms with Crippen molar-refractivity contribution >= 4 is 21.9 Å². The Morgan fingerprint density at radius 1 is 1.41 bits per heavy atom. The first-order chi connectivity index (χ1) is 8.03. The van der Waals surface area contributed by atoms with Crippen molar-refractivity contribution in [2.45, 2.75) is 0 Å². The van der Waals surface area contributed by atoms with Gasteiger partial charge in [-0.15, -0.1) is 0 Å². The normalized spacial score (nSPS) is 15.4. The lowest BCUT2D eigenvalue weighted by atomic mass is 10.2. The van der Waals surface area contributed by atoms with Gasteiger partial charge >= 0.3 is 16.2 Å². The number of methoxy groups -OCH3 is 1. The number of rotatable bonds is 4. The van der Waals surface area contributed by atoms with E-state index in [9.17, 15) is 13.2 Å². The van der Waals surface area contributed by atoms with Crippen LogP contribution in [0.25, 0.3) is 0 Å². The van der Waals surface area contributed by atoms with E-state index in [2.05, 4.69) is 9.46 Å². The van der Waals surface area contributed by atoms with Crippen molar-refractivity contribution in [3.63, 3.8) is 0 Å². The summed E-state index contributed by atoms with van der Waals surface area (Å²) in [6.07, 6.45) is 0. The first kappa shape index (κ1) is 11.9. The van der Waals surface area contributed by atoms with E-state index in [1.54, 1.807) is 18.2 Å². The molecule has 0 saturated carbocycles. The molecular formula is C10H12N2O4S. The SMILES string of the molecule is COC(=O)c1cccc(NS(=O)(=O)N2CC2)c1. The van der Waals surface area contributed by atoms with Crippen LogP contribution in [0.1, 0.15) is 10.4 Å². The maximum absolute atomic E-state index is 11.6. The molecule has 1 aliphatic rings. The number of ether oxygens (including phenoxy) is 1. The third kappa shape index (κ3) is 2.75. The second-order valence-corrected chi connectivity index (χ2v) is 5.25. The molecule has 17 heavy (non-hydrogen) atoms. The Hall–Kier alpha value is -1.60. The molecule has 1 fully saturated rings. The summed E-state index contributed by atoms with van der Waals surface area (Å²) in [6.45, 7) is 1.07. The van der Waals surface area contributed by atoms with Gasteiger partial charge in [0.25, 0.3) is 0 Å². The molecule has 0 aromatic heterocycles. The Morgan fingerprint density at radius 3 is 2.71 bits per heavy atom. The van der Waals surface area contributed by atoms with Gasteiger partial charge in [-0.05, 0) is 18.2 Å². The van der Waals surface area contributed by atoms with E-state index >= 15 is 0 Å². The molecule has 6 nitrogen and oxygen atoms in total. The van der Waals surface area contributed by atoms with Gasteiger partial charge in [0.05, 0.1) is 18.4 Å². The lowest BCUT2D eigenvalue weighted by molar-refractivity contribution is 0.0601. The van der Waals surface area contributed by atoms with Gasteiger partial charge in [0, 0.05) is 13.1 Å². The second kappa shape index (κ2) is 4.34. The number of nitrogens with one attached hydrogen (secondary N) is 1. The smallest absolute Gasteiger partial charge is 0.337 e. The minimum atomic E-state index is -3.46. The number of hydrogen-bond donors (Lipinski definition) is 1. The van der Waals surface area contributed by atoms with E-state index in [0.717, 1.165) is 0 Å². The molecule has 0 atom stereocenters. The molecule has 1 heterocycles. The molecule has 0 amide bonds.